The van der Waals surface area contributed by atoms with Gasteiger partial charge in [0.05, 0.1) is 12.7 Å². The lowest BCUT2D eigenvalue weighted by Gasteiger charge is -2.31. The van der Waals surface area contributed by atoms with Crippen LogP contribution in [0.15, 0.2) is 0 Å². The van der Waals surface area contributed by atoms with E-state index in [2.05, 4.69) is 0 Å². The summed E-state index contributed by atoms with van der Waals surface area (Å²) in [5.74, 6) is 0. The van der Waals surface area contributed by atoms with Crippen molar-refractivity contribution in [3.8, 4) is 0 Å². The topological polar surface area (TPSA) is 44.5 Å². The Hall–Kier alpha value is -0.120. The van der Waals surface area contributed by atoms with Crippen LogP contribution in [0, 0.1) is 5.41 Å². The van der Waals surface area contributed by atoms with Crippen LogP contribution >= 0.6 is 0 Å². The normalized spacial score (nSPS) is 34.2. The SMILES string of the molecule is NC[C@@H]1CC2(CCOCC2)CO1. The molecule has 2 saturated heterocycles. The first kappa shape index (κ1) is 8.48. The molecule has 3 nitrogen and oxygen atoms in total. The van der Waals surface area contributed by atoms with E-state index in [1.54, 1.807) is 0 Å². The molecule has 2 aliphatic heterocycles. The molecule has 2 rings (SSSR count). The molecule has 0 amide bonds. The molecule has 0 bridgehead atoms. The van der Waals surface area contributed by atoms with Gasteiger partial charge in [-0.25, -0.2) is 0 Å². The van der Waals surface area contributed by atoms with Gasteiger partial charge in [0.1, 0.15) is 0 Å². The van der Waals surface area contributed by atoms with Crippen LogP contribution in [0.25, 0.3) is 0 Å². The molecule has 0 saturated carbocycles. The molecular formula is C9H17NO2. The summed E-state index contributed by atoms with van der Waals surface area (Å²) in [6, 6.07) is 0. The fourth-order valence-electron chi connectivity index (χ4n) is 2.20. The molecule has 2 aliphatic rings. The fraction of sp³-hybridized carbons (Fsp3) is 1.00. The average Bonchev–Trinajstić information content (AvgIpc) is 2.50. The zero-order valence-electron chi connectivity index (χ0n) is 7.42. The van der Waals surface area contributed by atoms with E-state index in [9.17, 15) is 0 Å². The van der Waals surface area contributed by atoms with Crippen LogP contribution in [0.2, 0.25) is 0 Å². The number of hydrogen-bond acceptors (Lipinski definition) is 3. The maximum absolute atomic E-state index is 5.61. The third kappa shape index (κ3) is 1.49. The van der Waals surface area contributed by atoms with E-state index < -0.39 is 0 Å². The molecular weight excluding hydrogens is 154 g/mol. The van der Waals surface area contributed by atoms with Crippen LogP contribution in [0.1, 0.15) is 19.3 Å². The molecule has 1 spiro atoms. The average molecular weight is 171 g/mol. The van der Waals surface area contributed by atoms with Gasteiger partial charge in [0.15, 0.2) is 0 Å². The summed E-state index contributed by atoms with van der Waals surface area (Å²) in [6.45, 7) is 3.38. The third-order valence-corrected chi connectivity index (χ3v) is 3.10. The second-order valence-corrected chi connectivity index (χ2v) is 3.99. The summed E-state index contributed by atoms with van der Waals surface area (Å²) < 4.78 is 11.0. The minimum absolute atomic E-state index is 0.308. The molecule has 2 N–H and O–H groups in total. The van der Waals surface area contributed by atoms with Crippen LogP contribution in [-0.4, -0.2) is 32.5 Å². The highest BCUT2D eigenvalue weighted by atomic mass is 16.5. The Balaban J connectivity index is 1.94. The van der Waals surface area contributed by atoms with E-state index in [1.807, 2.05) is 0 Å². The molecule has 12 heavy (non-hydrogen) atoms. The molecule has 3 heteroatoms. The quantitative estimate of drug-likeness (QED) is 0.626. The van der Waals surface area contributed by atoms with Crippen LogP contribution in [0.3, 0.4) is 0 Å². The molecule has 0 aromatic heterocycles. The zero-order chi connectivity index (χ0) is 8.44. The predicted octanol–water partition coefficient (Wildman–Crippen LogP) is 0.531. The Morgan fingerprint density at radius 1 is 1.33 bits per heavy atom. The minimum Gasteiger partial charge on any atom is -0.381 e. The third-order valence-electron chi connectivity index (χ3n) is 3.10. The van der Waals surface area contributed by atoms with Crippen LogP contribution in [0.4, 0.5) is 0 Å². The summed E-state index contributed by atoms with van der Waals surface area (Å²) >= 11 is 0. The monoisotopic (exact) mass is 171 g/mol. The van der Waals surface area contributed by atoms with Crippen LogP contribution < -0.4 is 5.73 Å². The van der Waals surface area contributed by atoms with Crippen molar-refractivity contribution in [2.24, 2.45) is 11.1 Å². The van der Waals surface area contributed by atoms with Gasteiger partial charge in [0.25, 0.3) is 0 Å². The number of ether oxygens (including phenoxy) is 2. The maximum Gasteiger partial charge on any atom is 0.0703 e. The summed E-state index contributed by atoms with van der Waals surface area (Å²) in [5, 5.41) is 0. The van der Waals surface area contributed by atoms with Crippen molar-refractivity contribution in [2.75, 3.05) is 26.4 Å². The Bertz CT molecular complexity index is 155. The number of hydrogen-bond donors (Lipinski definition) is 1. The van der Waals surface area contributed by atoms with Crippen molar-refractivity contribution >= 4 is 0 Å². The molecule has 2 heterocycles. The standard InChI is InChI=1S/C9H17NO2/c10-6-8-5-9(7-12-8)1-3-11-4-2-9/h8H,1-7,10H2/t8-/m0/s1. The molecule has 0 aliphatic carbocycles. The lowest BCUT2D eigenvalue weighted by Crippen LogP contribution is -2.30. The summed E-state index contributed by atoms with van der Waals surface area (Å²) in [4.78, 5) is 0. The maximum atomic E-state index is 5.61. The highest BCUT2D eigenvalue weighted by molar-refractivity contribution is 4.89. The molecule has 0 unspecified atom stereocenters. The van der Waals surface area contributed by atoms with Crippen molar-refractivity contribution in [3.63, 3.8) is 0 Å². The lowest BCUT2D eigenvalue weighted by molar-refractivity contribution is 0.00722. The Kier molecular flexibility index (Phi) is 2.35. The van der Waals surface area contributed by atoms with Gasteiger partial charge in [0.2, 0.25) is 0 Å². The molecule has 0 aromatic carbocycles. The first-order chi connectivity index (χ1) is 5.85. The highest BCUT2D eigenvalue weighted by Gasteiger charge is 2.40. The molecule has 1 atom stereocenters. The van der Waals surface area contributed by atoms with Gasteiger partial charge in [0, 0.05) is 25.2 Å². The summed E-state index contributed by atoms with van der Waals surface area (Å²) in [6.07, 6.45) is 3.77. The zero-order valence-corrected chi connectivity index (χ0v) is 7.42. The molecule has 2 fully saturated rings. The van der Waals surface area contributed by atoms with Gasteiger partial charge >= 0.3 is 0 Å². The van der Waals surface area contributed by atoms with Crippen molar-refractivity contribution in [1.29, 1.82) is 0 Å². The summed E-state index contributed by atoms with van der Waals surface area (Å²) in [7, 11) is 0. The van der Waals surface area contributed by atoms with Gasteiger partial charge in [-0.15, -0.1) is 0 Å². The molecule has 0 aromatic rings. The fourth-order valence-corrected chi connectivity index (χ4v) is 2.20. The predicted molar refractivity (Wildman–Crippen MR) is 45.9 cm³/mol. The lowest BCUT2D eigenvalue weighted by atomic mass is 9.78. The van der Waals surface area contributed by atoms with Crippen molar-refractivity contribution in [2.45, 2.75) is 25.4 Å². The van der Waals surface area contributed by atoms with Gasteiger partial charge in [-0.2, -0.15) is 0 Å². The Morgan fingerprint density at radius 3 is 2.67 bits per heavy atom. The van der Waals surface area contributed by atoms with E-state index in [0.717, 1.165) is 39.1 Å². The Morgan fingerprint density at radius 2 is 2.08 bits per heavy atom. The smallest absolute Gasteiger partial charge is 0.0703 e. The second kappa shape index (κ2) is 3.32. The number of nitrogens with two attached hydrogens (primary N) is 1. The largest absolute Gasteiger partial charge is 0.381 e. The number of rotatable bonds is 1. The molecule has 70 valence electrons. The van der Waals surface area contributed by atoms with Crippen molar-refractivity contribution in [1.82, 2.24) is 0 Å². The van der Waals surface area contributed by atoms with Crippen molar-refractivity contribution < 1.29 is 9.47 Å². The highest BCUT2D eigenvalue weighted by Crippen LogP contribution is 2.40. The first-order valence-electron chi connectivity index (χ1n) is 4.74. The van der Waals surface area contributed by atoms with E-state index in [4.69, 9.17) is 15.2 Å². The van der Waals surface area contributed by atoms with Crippen LogP contribution in [0.5, 0.6) is 0 Å². The van der Waals surface area contributed by atoms with E-state index in [-0.39, 0.29) is 0 Å². The first-order valence-corrected chi connectivity index (χ1v) is 4.74. The van der Waals surface area contributed by atoms with E-state index >= 15 is 0 Å². The van der Waals surface area contributed by atoms with E-state index in [0.29, 0.717) is 18.1 Å². The Labute approximate surface area is 73.2 Å². The second-order valence-electron chi connectivity index (χ2n) is 3.99. The van der Waals surface area contributed by atoms with Crippen LogP contribution in [-0.2, 0) is 9.47 Å². The summed E-state index contributed by atoms with van der Waals surface area (Å²) in [5.41, 5.74) is 5.99. The van der Waals surface area contributed by atoms with Gasteiger partial charge < -0.3 is 15.2 Å². The van der Waals surface area contributed by atoms with Gasteiger partial charge in [-0.1, -0.05) is 0 Å². The molecule has 0 radical (unpaired) electrons. The van der Waals surface area contributed by atoms with Gasteiger partial charge in [-0.3, -0.25) is 0 Å². The van der Waals surface area contributed by atoms with Gasteiger partial charge in [-0.05, 0) is 19.3 Å². The van der Waals surface area contributed by atoms with E-state index in [1.165, 1.54) is 0 Å². The minimum atomic E-state index is 0.308. The van der Waals surface area contributed by atoms with Crippen molar-refractivity contribution in [3.05, 3.63) is 0 Å².